The summed E-state index contributed by atoms with van der Waals surface area (Å²) in [7, 11) is 0. The molecule has 0 bridgehead atoms. The summed E-state index contributed by atoms with van der Waals surface area (Å²) in [5.74, 6) is 0.107. The fraction of sp³-hybridized carbons (Fsp3) is 0.364. The number of nitrogens with zero attached hydrogens (tertiary/aromatic N) is 4. The molecule has 27 heavy (non-hydrogen) atoms. The molecule has 1 aliphatic heterocycles. The lowest BCUT2D eigenvalue weighted by Crippen LogP contribution is -2.48. The van der Waals surface area contributed by atoms with E-state index in [0.717, 1.165) is 49.3 Å². The largest absolute Gasteiger partial charge is 0.336 e. The average Bonchev–Trinajstić information content (AvgIpc) is 3.12. The SMILES string of the molecule is CC(C)n1cnc2cc(C(=O)N3CCN(Cc4ccccc4)CC3)ccc21. The summed E-state index contributed by atoms with van der Waals surface area (Å²) in [6, 6.07) is 16.7. The van der Waals surface area contributed by atoms with Gasteiger partial charge in [0.15, 0.2) is 0 Å². The topological polar surface area (TPSA) is 41.4 Å². The van der Waals surface area contributed by atoms with Crippen molar-refractivity contribution in [1.82, 2.24) is 19.4 Å². The van der Waals surface area contributed by atoms with Crippen LogP contribution < -0.4 is 0 Å². The Morgan fingerprint density at radius 1 is 1.04 bits per heavy atom. The molecule has 0 saturated carbocycles. The lowest BCUT2D eigenvalue weighted by atomic mass is 10.1. The van der Waals surface area contributed by atoms with E-state index in [9.17, 15) is 4.79 Å². The lowest BCUT2D eigenvalue weighted by Gasteiger charge is -2.34. The van der Waals surface area contributed by atoms with Crippen LogP contribution in [0, 0.1) is 0 Å². The van der Waals surface area contributed by atoms with Crippen LogP contribution >= 0.6 is 0 Å². The van der Waals surface area contributed by atoms with E-state index in [1.54, 1.807) is 0 Å². The molecule has 0 radical (unpaired) electrons. The van der Waals surface area contributed by atoms with E-state index in [1.807, 2.05) is 35.5 Å². The fourth-order valence-corrected chi connectivity index (χ4v) is 3.71. The highest BCUT2D eigenvalue weighted by Gasteiger charge is 2.22. The average molecular weight is 362 g/mol. The first-order valence-corrected chi connectivity index (χ1v) is 9.64. The summed E-state index contributed by atoms with van der Waals surface area (Å²) < 4.78 is 2.13. The van der Waals surface area contributed by atoms with Crippen LogP contribution in [0.15, 0.2) is 54.9 Å². The molecule has 5 nitrogen and oxygen atoms in total. The summed E-state index contributed by atoms with van der Waals surface area (Å²) in [5, 5.41) is 0. The van der Waals surface area contributed by atoms with Crippen LogP contribution in [0.2, 0.25) is 0 Å². The van der Waals surface area contributed by atoms with Gasteiger partial charge in [0.25, 0.3) is 5.91 Å². The highest BCUT2D eigenvalue weighted by atomic mass is 16.2. The monoisotopic (exact) mass is 362 g/mol. The summed E-state index contributed by atoms with van der Waals surface area (Å²) in [6.45, 7) is 8.57. The number of carbonyl (C=O) groups excluding carboxylic acids is 1. The molecule has 1 aromatic heterocycles. The Labute approximate surface area is 160 Å². The Bertz CT molecular complexity index is 924. The number of imidazole rings is 1. The molecule has 4 rings (SSSR count). The van der Waals surface area contributed by atoms with Crippen molar-refractivity contribution in [3.63, 3.8) is 0 Å². The van der Waals surface area contributed by atoms with Gasteiger partial charge in [-0.3, -0.25) is 9.69 Å². The standard InChI is InChI=1S/C22H26N4O/c1-17(2)26-16-23-20-14-19(8-9-21(20)26)22(27)25-12-10-24(11-13-25)15-18-6-4-3-5-7-18/h3-9,14,16-17H,10-13,15H2,1-2H3. The number of benzene rings is 2. The number of amides is 1. The molecule has 1 aliphatic rings. The van der Waals surface area contributed by atoms with Crippen LogP contribution in [0.4, 0.5) is 0 Å². The molecule has 2 heterocycles. The normalized spacial score (nSPS) is 15.6. The third-order valence-corrected chi connectivity index (χ3v) is 5.29. The molecule has 1 amide bonds. The zero-order valence-electron chi connectivity index (χ0n) is 16.0. The number of carbonyl (C=O) groups is 1. The molecule has 0 unspecified atom stereocenters. The van der Waals surface area contributed by atoms with Crippen LogP contribution in [0.5, 0.6) is 0 Å². The minimum Gasteiger partial charge on any atom is -0.336 e. The molecule has 5 heteroatoms. The van der Waals surface area contributed by atoms with E-state index in [2.05, 4.69) is 52.6 Å². The second-order valence-corrected chi connectivity index (χ2v) is 7.50. The van der Waals surface area contributed by atoms with Gasteiger partial charge >= 0.3 is 0 Å². The first-order chi connectivity index (χ1) is 13.1. The Balaban J connectivity index is 1.41. The number of aromatic nitrogens is 2. The van der Waals surface area contributed by atoms with E-state index < -0.39 is 0 Å². The predicted octanol–water partition coefficient (Wildman–Crippen LogP) is 3.58. The molecule has 2 aromatic carbocycles. The van der Waals surface area contributed by atoms with E-state index in [0.29, 0.717) is 6.04 Å². The number of rotatable bonds is 4. The molecule has 0 atom stereocenters. The molecular formula is C22H26N4O. The zero-order chi connectivity index (χ0) is 18.8. The van der Waals surface area contributed by atoms with Crippen LogP contribution in [0.25, 0.3) is 11.0 Å². The Morgan fingerprint density at radius 2 is 1.78 bits per heavy atom. The van der Waals surface area contributed by atoms with E-state index in [4.69, 9.17) is 0 Å². The Morgan fingerprint density at radius 3 is 2.48 bits per heavy atom. The smallest absolute Gasteiger partial charge is 0.254 e. The van der Waals surface area contributed by atoms with Gasteiger partial charge in [0.05, 0.1) is 17.4 Å². The fourth-order valence-electron chi connectivity index (χ4n) is 3.71. The molecule has 0 N–H and O–H groups in total. The van der Waals surface area contributed by atoms with Gasteiger partial charge in [-0.2, -0.15) is 0 Å². The molecule has 1 saturated heterocycles. The highest BCUT2D eigenvalue weighted by molar-refractivity contribution is 5.97. The maximum absolute atomic E-state index is 12.9. The predicted molar refractivity (Wildman–Crippen MR) is 108 cm³/mol. The number of fused-ring (bicyclic) bond motifs is 1. The van der Waals surface area contributed by atoms with Crippen LogP contribution in [0.1, 0.15) is 35.8 Å². The number of hydrogen-bond acceptors (Lipinski definition) is 3. The lowest BCUT2D eigenvalue weighted by molar-refractivity contribution is 0.0628. The van der Waals surface area contributed by atoms with Gasteiger partial charge < -0.3 is 9.47 Å². The van der Waals surface area contributed by atoms with Crippen LogP contribution in [0.3, 0.4) is 0 Å². The Hall–Kier alpha value is -2.66. The second-order valence-electron chi connectivity index (χ2n) is 7.50. The van der Waals surface area contributed by atoms with E-state index >= 15 is 0 Å². The van der Waals surface area contributed by atoms with Gasteiger partial charge in [-0.1, -0.05) is 30.3 Å². The first-order valence-electron chi connectivity index (χ1n) is 9.64. The maximum Gasteiger partial charge on any atom is 0.254 e. The molecule has 140 valence electrons. The molecule has 0 spiro atoms. The van der Waals surface area contributed by atoms with E-state index in [1.165, 1.54) is 5.56 Å². The van der Waals surface area contributed by atoms with Crippen molar-refractivity contribution in [3.05, 3.63) is 66.0 Å². The van der Waals surface area contributed by atoms with Crippen molar-refractivity contribution in [1.29, 1.82) is 0 Å². The molecule has 0 aliphatic carbocycles. The molecule has 1 fully saturated rings. The molecule has 3 aromatic rings. The molecular weight excluding hydrogens is 336 g/mol. The van der Waals surface area contributed by atoms with Crippen molar-refractivity contribution in [3.8, 4) is 0 Å². The van der Waals surface area contributed by atoms with Crippen molar-refractivity contribution in [2.24, 2.45) is 0 Å². The van der Waals surface area contributed by atoms with Crippen molar-refractivity contribution in [2.45, 2.75) is 26.4 Å². The van der Waals surface area contributed by atoms with Crippen molar-refractivity contribution < 1.29 is 4.79 Å². The zero-order valence-corrected chi connectivity index (χ0v) is 16.0. The van der Waals surface area contributed by atoms with Gasteiger partial charge in [0.2, 0.25) is 0 Å². The van der Waals surface area contributed by atoms with Gasteiger partial charge in [0, 0.05) is 44.3 Å². The minimum atomic E-state index is 0.107. The van der Waals surface area contributed by atoms with Gasteiger partial charge in [-0.05, 0) is 37.6 Å². The second kappa shape index (κ2) is 7.53. The maximum atomic E-state index is 12.9. The Kier molecular flexibility index (Phi) is 4.94. The van der Waals surface area contributed by atoms with E-state index in [-0.39, 0.29) is 5.91 Å². The van der Waals surface area contributed by atoms with Gasteiger partial charge in [-0.25, -0.2) is 4.98 Å². The van der Waals surface area contributed by atoms with Crippen molar-refractivity contribution in [2.75, 3.05) is 26.2 Å². The van der Waals surface area contributed by atoms with Crippen LogP contribution in [-0.2, 0) is 6.54 Å². The summed E-state index contributed by atoms with van der Waals surface area (Å²) in [6.07, 6.45) is 1.85. The highest BCUT2D eigenvalue weighted by Crippen LogP contribution is 2.20. The number of piperazine rings is 1. The van der Waals surface area contributed by atoms with Crippen molar-refractivity contribution >= 4 is 16.9 Å². The minimum absolute atomic E-state index is 0.107. The summed E-state index contributed by atoms with van der Waals surface area (Å²) in [5.41, 5.74) is 4.02. The first kappa shape index (κ1) is 17.7. The van der Waals surface area contributed by atoms with Gasteiger partial charge in [0.1, 0.15) is 0 Å². The number of hydrogen-bond donors (Lipinski definition) is 0. The van der Waals surface area contributed by atoms with Crippen LogP contribution in [-0.4, -0.2) is 51.4 Å². The summed E-state index contributed by atoms with van der Waals surface area (Å²) in [4.78, 5) is 21.8. The van der Waals surface area contributed by atoms with Gasteiger partial charge in [-0.15, -0.1) is 0 Å². The quantitative estimate of drug-likeness (QED) is 0.712. The third kappa shape index (κ3) is 3.74. The third-order valence-electron chi connectivity index (χ3n) is 5.29. The summed E-state index contributed by atoms with van der Waals surface area (Å²) >= 11 is 0.